The van der Waals surface area contributed by atoms with Crippen molar-refractivity contribution >= 4 is 44.3 Å². The van der Waals surface area contributed by atoms with E-state index in [1.807, 2.05) is 61.5 Å². The third-order valence-corrected chi connectivity index (χ3v) is 5.40. The van der Waals surface area contributed by atoms with Gasteiger partial charge >= 0.3 is 6.03 Å². The molecule has 0 spiro atoms. The quantitative estimate of drug-likeness (QED) is 0.485. The third kappa shape index (κ3) is 6.10. The Labute approximate surface area is 181 Å². The van der Waals surface area contributed by atoms with Gasteiger partial charge in [0.25, 0.3) is 0 Å². The Morgan fingerprint density at radius 2 is 1.79 bits per heavy atom. The summed E-state index contributed by atoms with van der Waals surface area (Å²) in [6, 6.07) is 16.1. The average Bonchev–Trinajstić information content (AvgIpc) is 3.17. The van der Waals surface area contributed by atoms with Gasteiger partial charge in [-0.25, -0.2) is 4.79 Å². The number of carbonyl (C=O) groups excluding carboxylic acids is 2. The summed E-state index contributed by atoms with van der Waals surface area (Å²) in [6.45, 7) is 2.29. The highest BCUT2D eigenvalue weighted by atomic mass is 79.9. The van der Waals surface area contributed by atoms with Gasteiger partial charge in [-0.2, -0.15) is 0 Å². The molecule has 150 valence electrons. The standard InChI is InChI=1S/C20H20BrN5O2S/c1-2-22-19(28)23-16(12-13-6-4-3-5-7-13)17(27)24-20-26-25-18(29-20)14-8-10-15(21)11-9-14/h3-11,16H,2,12H2,1H3,(H2,22,23,28)(H,24,26,27)/t16-/m1/s1. The summed E-state index contributed by atoms with van der Waals surface area (Å²) in [6.07, 6.45) is 0.363. The molecule has 0 aliphatic rings. The molecular weight excluding hydrogens is 454 g/mol. The molecule has 0 fully saturated rings. The zero-order valence-electron chi connectivity index (χ0n) is 15.7. The fourth-order valence-electron chi connectivity index (χ4n) is 2.60. The molecule has 0 saturated carbocycles. The van der Waals surface area contributed by atoms with Gasteiger partial charge < -0.3 is 10.6 Å². The number of hydrogen-bond acceptors (Lipinski definition) is 5. The Hall–Kier alpha value is -2.78. The van der Waals surface area contributed by atoms with Crippen molar-refractivity contribution in [2.45, 2.75) is 19.4 Å². The summed E-state index contributed by atoms with van der Waals surface area (Å²) >= 11 is 4.68. The number of nitrogens with zero attached hydrogens (tertiary/aromatic N) is 2. The van der Waals surface area contributed by atoms with Crippen LogP contribution in [0.15, 0.2) is 59.1 Å². The van der Waals surface area contributed by atoms with E-state index in [1.165, 1.54) is 11.3 Å². The number of nitrogens with one attached hydrogen (secondary N) is 3. The summed E-state index contributed by atoms with van der Waals surface area (Å²) in [5, 5.41) is 17.4. The lowest BCUT2D eigenvalue weighted by molar-refractivity contribution is -0.117. The van der Waals surface area contributed by atoms with Crippen LogP contribution >= 0.6 is 27.3 Å². The van der Waals surface area contributed by atoms with Gasteiger partial charge in [-0.3, -0.25) is 10.1 Å². The van der Waals surface area contributed by atoms with Gasteiger partial charge in [-0.15, -0.1) is 10.2 Å². The maximum atomic E-state index is 12.8. The second kappa shape index (κ2) is 10.1. The lowest BCUT2D eigenvalue weighted by Gasteiger charge is -2.18. The van der Waals surface area contributed by atoms with Crippen molar-refractivity contribution < 1.29 is 9.59 Å². The number of aromatic nitrogens is 2. The van der Waals surface area contributed by atoms with Crippen LogP contribution in [0.3, 0.4) is 0 Å². The van der Waals surface area contributed by atoms with Crippen molar-refractivity contribution in [3.8, 4) is 10.6 Å². The first kappa shape index (κ1) is 20.9. The highest BCUT2D eigenvalue weighted by Crippen LogP contribution is 2.27. The lowest BCUT2D eigenvalue weighted by Crippen LogP contribution is -2.49. The van der Waals surface area contributed by atoms with E-state index in [0.717, 1.165) is 15.6 Å². The van der Waals surface area contributed by atoms with Gasteiger partial charge in [-0.05, 0) is 24.6 Å². The molecule has 0 unspecified atom stereocenters. The molecule has 0 radical (unpaired) electrons. The summed E-state index contributed by atoms with van der Waals surface area (Å²) in [5.74, 6) is -0.349. The van der Waals surface area contributed by atoms with Crippen molar-refractivity contribution in [2.75, 3.05) is 11.9 Å². The highest BCUT2D eigenvalue weighted by Gasteiger charge is 2.22. The normalized spacial score (nSPS) is 11.5. The fourth-order valence-corrected chi connectivity index (χ4v) is 3.62. The second-order valence-electron chi connectivity index (χ2n) is 6.15. The smallest absolute Gasteiger partial charge is 0.315 e. The first-order valence-electron chi connectivity index (χ1n) is 9.03. The molecule has 0 bridgehead atoms. The van der Waals surface area contributed by atoms with E-state index in [1.54, 1.807) is 0 Å². The largest absolute Gasteiger partial charge is 0.338 e. The van der Waals surface area contributed by atoms with Crippen LogP contribution in [0.5, 0.6) is 0 Å². The molecule has 3 aromatic rings. The van der Waals surface area contributed by atoms with Gasteiger partial charge in [0.2, 0.25) is 11.0 Å². The van der Waals surface area contributed by atoms with Crippen molar-refractivity contribution in [2.24, 2.45) is 0 Å². The molecular formula is C20H20BrN5O2S. The van der Waals surface area contributed by atoms with E-state index in [4.69, 9.17) is 0 Å². The van der Waals surface area contributed by atoms with Gasteiger partial charge in [0.05, 0.1) is 0 Å². The summed E-state index contributed by atoms with van der Waals surface area (Å²) in [7, 11) is 0. The highest BCUT2D eigenvalue weighted by molar-refractivity contribution is 9.10. The molecule has 1 atom stereocenters. The maximum absolute atomic E-state index is 12.8. The number of hydrogen-bond donors (Lipinski definition) is 3. The summed E-state index contributed by atoms with van der Waals surface area (Å²) in [5.41, 5.74) is 1.85. The number of carbonyl (C=O) groups is 2. The van der Waals surface area contributed by atoms with Crippen LogP contribution in [-0.4, -0.2) is 34.7 Å². The first-order valence-corrected chi connectivity index (χ1v) is 10.6. The second-order valence-corrected chi connectivity index (χ2v) is 8.05. The van der Waals surface area contributed by atoms with Gasteiger partial charge in [0.1, 0.15) is 11.0 Å². The van der Waals surface area contributed by atoms with Crippen LogP contribution in [0.2, 0.25) is 0 Å². The minimum Gasteiger partial charge on any atom is -0.338 e. The van der Waals surface area contributed by atoms with Gasteiger partial charge in [0.15, 0.2) is 0 Å². The molecule has 0 aliphatic heterocycles. The van der Waals surface area contributed by atoms with Crippen LogP contribution in [0, 0.1) is 0 Å². The molecule has 1 heterocycles. The van der Waals surface area contributed by atoms with Crippen molar-refractivity contribution in [1.29, 1.82) is 0 Å². The zero-order chi connectivity index (χ0) is 20.6. The molecule has 3 N–H and O–H groups in total. The van der Waals surface area contributed by atoms with Gasteiger partial charge in [-0.1, -0.05) is 69.7 Å². The minimum atomic E-state index is -0.746. The molecule has 7 nitrogen and oxygen atoms in total. The first-order chi connectivity index (χ1) is 14.0. The predicted molar refractivity (Wildman–Crippen MR) is 118 cm³/mol. The Kier molecular flexibility index (Phi) is 7.31. The molecule has 1 aromatic heterocycles. The molecule has 3 amide bonds. The van der Waals surface area contributed by atoms with Crippen LogP contribution in [0.1, 0.15) is 12.5 Å². The zero-order valence-corrected chi connectivity index (χ0v) is 18.1. The number of amides is 3. The number of rotatable bonds is 7. The summed E-state index contributed by atoms with van der Waals surface area (Å²) < 4.78 is 0.972. The Morgan fingerprint density at radius 1 is 1.07 bits per heavy atom. The predicted octanol–water partition coefficient (Wildman–Crippen LogP) is 3.84. The lowest BCUT2D eigenvalue weighted by atomic mass is 10.1. The van der Waals surface area contributed by atoms with Crippen molar-refractivity contribution in [3.63, 3.8) is 0 Å². The number of anilines is 1. The van der Waals surface area contributed by atoms with E-state index in [-0.39, 0.29) is 5.91 Å². The molecule has 2 aromatic carbocycles. The van der Waals surface area contributed by atoms with Crippen molar-refractivity contribution in [3.05, 3.63) is 64.6 Å². The van der Waals surface area contributed by atoms with E-state index < -0.39 is 12.1 Å². The van der Waals surface area contributed by atoms with Gasteiger partial charge in [0, 0.05) is 23.0 Å². The van der Waals surface area contributed by atoms with E-state index >= 15 is 0 Å². The molecule has 0 saturated heterocycles. The Balaban J connectivity index is 1.71. The monoisotopic (exact) mass is 473 g/mol. The SMILES string of the molecule is CCNC(=O)N[C@H](Cc1ccccc1)C(=O)Nc1nnc(-c2ccc(Br)cc2)s1. The average molecular weight is 474 g/mol. The Bertz CT molecular complexity index is 963. The van der Waals surface area contributed by atoms with Crippen molar-refractivity contribution in [1.82, 2.24) is 20.8 Å². The molecule has 29 heavy (non-hydrogen) atoms. The Morgan fingerprint density at radius 3 is 2.48 bits per heavy atom. The van der Waals surface area contributed by atoms with E-state index in [2.05, 4.69) is 42.1 Å². The summed E-state index contributed by atoms with van der Waals surface area (Å²) in [4.78, 5) is 24.8. The number of halogens is 1. The molecule has 0 aliphatic carbocycles. The number of urea groups is 1. The van der Waals surface area contributed by atoms with Crippen LogP contribution in [0.4, 0.5) is 9.93 Å². The van der Waals surface area contributed by atoms with E-state index in [9.17, 15) is 9.59 Å². The molecule has 9 heteroatoms. The minimum absolute atomic E-state index is 0.349. The topological polar surface area (TPSA) is 96.0 Å². The van der Waals surface area contributed by atoms with Crippen LogP contribution in [0.25, 0.3) is 10.6 Å². The van der Waals surface area contributed by atoms with Crippen LogP contribution < -0.4 is 16.0 Å². The fraction of sp³-hybridized carbons (Fsp3) is 0.200. The van der Waals surface area contributed by atoms with E-state index in [0.29, 0.717) is 23.1 Å². The molecule has 3 rings (SSSR count). The third-order valence-electron chi connectivity index (χ3n) is 3.99. The van der Waals surface area contributed by atoms with Crippen LogP contribution in [-0.2, 0) is 11.2 Å². The maximum Gasteiger partial charge on any atom is 0.315 e. The number of benzene rings is 2.